The summed E-state index contributed by atoms with van der Waals surface area (Å²) in [5, 5.41) is -0.456. The highest BCUT2D eigenvalue weighted by Gasteiger charge is 2.37. The van der Waals surface area contributed by atoms with Gasteiger partial charge in [0.25, 0.3) is 11.1 Å². The molecule has 0 bridgehead atoms. The summed E-state index contributed by atoms with van der Waals surface area (Å²) in [6.07, 6.45) is 1.62. The minimum Gasteiger partial charge on any atom is -0.490 e. The fourth-order valence-electron chi connectivity index (χ4n) is 3.05. The van der Waals surface area contributed by atoms with Crippen LogP contribution in [-0.4, -0.2) is 72.9 Å². The van der Waals surface area contributed by atoms with Crippen molar-refractivity contribution in [1.82, 2.24) is 9.80 Å². The molecule has 3 rings (SSSR count). The lowest BCUT2D eigenvalue weighted by Crippen LogP contribution is -2.46. The average Bonchev–Trinajstić information content (AvgIpc) is 2.98. The van der Waals surface area contributed by atoms with Gasteiger partial charge in [-0.15, -0.1) is 0 Å². The average molecular weight is 499 g/mol. The zero-order valence-corrected chi connectivity index (χ0v) is 19.2. The third-order valence-corrected chi connectivity index (χ3v) is 5.95. The lowest BCUT2D eigenvalue weighted by molar-refractivity contribution is -0.139. The highest BCUT2D eigenvalue weighted by atomic mass is 79.9. The Balaban J connectivity index is 1.78. The van der Waals surface area contributed by atoms with E-state index in [1.165, 1.54) is 0 Å². The van der Waals surface area contributed by atoms with Crippen LogP contribution in [0.4, 0.5) is 4.79 Å². The second-order valence-corrected chi connectivity index (χ2v) is 8.30. The molecule has 0 radical (unpaired) electrons. The minimum absolute atomic E-state index is 0.258. The van der Waals surface area contributed by atoms with E-state index in [1.54, 1.807) is 23.1 Å². The number of thioether (sulfide) groups is 1. The molecule has 0 aliphatic carbocycles. The summed E-state index contributed by atoms with van der Waals surface area (Å²) < 4.78 is 17.2. The van der Waals surface area contributed by atoms with Crippen LogP contribution in [0.2, 0.25) is 0 Å². The molecule has 0 spiro atoms. The normalized spacial score (nSPS) is 18.3. The summed E-state index contributed by atoms with van der Waals surface area (Å²) in [6, 6.07) is 3.55. The maximum atomic E-state index is 12.8. The maximum Gasteiger partial charge on any atom is 0.294 e. The summed E-state index contributed by atoms with van der Waals surface area (Å²) in [5.41, 5.74) is 0.679. The number of hydrogen-bond donors (Lipinski definition) is 0. The van der Waals surface area contributed by atoms with Crippen molar-refractivity contribution in [2.75, 3.05) is 46.1 Å². The number of ether oxygens (including phenoxy) is 3. The van der Waals surface area contributed by atoms with E-state index in [9.17, 15) is 14.4 Å². The van der Waals surface area contributed by atoms with Crippen molar-refractivity contribution in [2.45, 2.75) is 13.8 Å². The summed E-state index contributed by atoms with van der Waals surface area (Å²) >= 11 is 4.29. The molecule has 1 aromatic rings. The fourth-order valence-corrected chi connectivity index (χ4v) is 4.47. The molecule has 8 nitrogen and oxygen atoms in total. The molecule has 3 amide bonds. The summed E-state index contributed by atoms with van der Waals surface area (Å²) in [5.74, 6) is 0.390. The van der Waals surface area contributed by atoms with Crippen LogP contribution in [0.25, 0.3) is 6.08 Å². The van der Waals surface area contributed by atoms with E-state index in [4.69, 9.17) is 14.2 Å². The SMILES string of the molecule is CCOc1cc(C=C2SC(=O)N(CC(=O)N3CCOCC3)C2=O)cc(Br)c1OCC. The van der Waals surface area contributed by atoms with E-state index < -0.39 is 11.1 Å². The lowest BCUT2D eigenvalue weighted by atomic mass is 10.2. The second kappa shape index (κ2) is 10.3. The highest BCUT2D eigenvalue weighted by molar-refractivity contribution is 9.10. The van der Waals surface area contributed by atoms with Crippen molar-refractivity contribution in [3.05, 3.63) is 27.1 Å². The Morgan fingerprint density at radius 3 is 2.57 bits per heavy atom. The Labute approximate surface area is 187 Å². The third-order valence-electron chi connectivity index (χ3n) is 4.45. The number of amides is 3. The van der Waals surface area contributed by atoms with Crippen LogP contribution in [-0.2, 0) is 14.3 Å². The van der Waals surface area contributed by atoms with Gasteiger partial charge in [-0.05, 0) is 65.3 Å². The third kappa shape index (κ3) is 5.16. The van der Waals surface area contributed by atoms with Gasteiger partial charge in [-0.3, -0.25) is 19.3 Å². The first-order valence-corrected chi connectivity index (χ1v) is 11.3. The number of carbonyl (C=O) groups is 3. The number of hydrogen-bond acceptors (Lipinski definition) is 7. The first-order chi connectivity index (χ1) is 14.4. The van der Waals surface area contributed by atoms with Gasteiger partial charge in [0.2, 0.25) is 5.91 Å². The van der Waals surface area contributed by atoms with Crippen molar-refractivity contribution in [1.29, 1.82) is 0 Å². The standard InChI is InChI=1S/C20H23BrN2O6S/c1-3-28-15-10-13(9-14(21)18(15)29-4-2)11-16-19(25)23(20(26)30-16)12-17(24)22-5-7-27-8-6-22/h9-11H,3-8,12H2,1-2H3. The van der Waals surface area contributed by atoms with Crippen molar-refractivity contribution in [3.8, 4) is 11.5 Å². The fraction of sp³-hybridized carbons (Fsp3) is 0.450. The number of halogens is 1. The molecule has 0 aromatic heterocycles. The number of nitrogens with zero attached hydrogens (tertiary/aromatic N) is 2. The Kier molecular flexibility index (Phi) is 7.79. The van der Waals surface area contributed by atoms with Crippen LogP contribution in [0.3, 0.4) is 0 Å². The number of carbonyl (C=O) groups excluding carboxylic acids is 3. The largest absolute Gasteiger partial charge is 0.490 e. The smallest absolute Gasteiger partial charge is 0.294 e. The Morgan fingerprint density at radius 1 is 1.20 bits per heavy atom. The van der Waals surface area contributed by atoms with Crippen molar-refractivity contribution < 1.29 is 28.6 Å². The van der Waals surface area contributed by atoms with E-state index in [2.05, 4.69) is 15.9 Å². The molecule has 2 aliphatic heterocycles. The van der Waals surface area contributed by atoms with E-state index in [0.717, 1.165) is 16.7 Å². The highest BCUT2D eigenvalue weighted by Crippen LogP contribution is 2.39. The van der Waals surface area contributed by atoms with Crippen LogP contribution in [0, 0.1) is 0 Å². The first kappa shape index (κ1) is 22.6. The minimum atomic E-state index is -0.477. The number of imide groups is 1. The lowest BCUT2D eigenvalue weighted by Gasteiger charge is -2.28. The Morgan fingerprint density at radius 2 is 1.90 bits per heavy atom. The molecule has 2 saturated heterocycles. The zero-order chi connectivity index (χ0) is 21.7. The molecule has 0 N–H and O–H groups in total. The topological polar surface area (TPSA) is 85.4 Å². The van der Waals surface area contributed by atoms with Crippen molar-refractivity contribution in [2.24, 2.45) is 0 Å². The molecule has 1 aromatic carbocycles. The zero-order valence-electron chi connectivity index (χ0n) is 16.8. The monoisotopic (exact) mass is 498 g/mol. The molecule has 162 valence electrons. The van der Waals surface area contributed by atoms with Crippen LogP contribution in [0.15, 0.2) is 21.5 Å². The van der Waals surface area contributed by atoms with E-state index in [-0.39, 0.29) is 17.4 Å². The summed E-state index contributed by atoms with van der Waals surface area (Å²) in [7, 11) is 0. The van der Waals surface area contributed by atoms with Gasteiger partial charge in [0.05, 0.1) is 35.8 Å². The Bertz CT molecular complexity index is 869. The van der Waals surface area contributed by atoms with Gasteiger partial charge >= 0.3 is 0 Å². The van der Waals surface area contributed by atoms with Gasteiger partial charge in [0.1, 0.15) is 6.54 Å². The molecule has 10 heteroatoms. The number of benzene rings is 1. The van der Waals surface area contributed by atoms with E-state index in [1.807, 2.05) is 13.8 Å². The van der Waals surface area contributed by atoms with Crippen LogP contribution >= 0.6 is 27.7 Å². The quantitative estimate of drug-likeness (QED) is 0.533. The predicted molar refractivity (Wildman–Crippen MR) is 117 cm³/mol. The van der Waals surface area contributed by atoms with Crippen molar-refractivity contribution in [3.63, 3.8) is 0 Å². The number of rotatable bonds is 7. The van der Waals surface area contributed by atoms with E-state index in [0.29, 0.717) is 61.1 Å². The van der Waals surface area contributed by atoms with Crippen LogP contribution < -0.4 is 9.47 Å². The van der Waals surface area contributed by atoms with Gasteiger partial charge in [-0.25, -0.2) is 0 Å². The molecule has 0 saturated carbocycles. The van der Waals surface area contributed by atoms with Crippen molar-refractivity contribution >= 4 is 50.8 Å². The molecular formula is C20H23BrN2O6S. The molecule has 30 heavy (non-hydrogen) atoms. The van der Waals surface area contributed by atoms with Crippen LogP contribution in [0.1, 0.15) is 19.4 Å². The summed E-state index contributed by atoms with van der Waals surface area (Å²) in [6.45, 7) is 6.27. The maximum absolute atomic E-state index is 12.8. The molecule has 2 fully saturated rings. The molecular weight excluding hydrogens is 476 g/mol. The van der Waals surface area contributed by atoms with Gasteiger partial charge in [-0.1, -0.05) is 0 Å². The van der Waals surface area contributed by atoms with E-state index >= 15 is 0 Å². The van der Waals surface area contributed by atoms with Crippen LogP contribution in [0.5, 0.6) is 11.5 Å². The van der Waals surface area contributed by atoms with Gasteiger partial charge in [0.15, 0.2) is 11.5 Å². The second-order valence-electron chi connectivity index (χ2n) is 6.46. The van der Waals surface area contributed by atoms with Gasteiger partial charge < -0.3 is 19.1 Å². The molecule has 2 heterocycles. The van der Waals surface area contributed by atoms with Gasteiger partial charge in [-0.2, -0.15) is 0 Å². The molecule has 2 aliphatic rings. The van der Waals surface area contributed by atoms with Gasteiger partial charge in [0, 0.05) is 13.1 Å². The molecule has 0 atom stereocenters. The Hall–Kier alpha value is -2.04. The summed E-state index contributed by atoms with van der Waals surface area (Å²) in [4.78, 5) is 40.4. The number of morpholine rings is 1. The first-order valence-electron chi connectivity index (χ1n) is 9.64. The molecule has 0 unspecified atom stereocenters. The predicted octanol–water partition coefficient (Wildman–Crippen LogP) is 3.14.